The minimum absolute atomic E-state index is 0.00390. The van der Waals surface area contributed by atoms with Crippen molar-refractivity contribution in [2.24, 2.45) is 0 Å². The fourth-order valence-electron chi connectivity index (χ4n) is 2.26. The first-order chi connectivity index (χ1) is 10.6. The van der Waals surface area contributed by atoms with Gasteiger partial charge < -0.3 is 15.0 Å². The average Bonchev–Trinajstić information content (AvgIpc) is 2.56. The number of nitrogens with zero attached hydrogens (tertiary/aromatic N) is 1. The lowest BCUT2D eigenvalue weighted by Gasteiger charge is -2.26. The summed E-state index contributed by atoms with van der Waals surface area (Å²) in [5.41, 5.74) is 2.84. The van der Waals surface area contributed by atoms with E-state index in [1.54, 1.807) is 19.1 Å². The lowest BCUT2D eigenvalue weighted by molar-refractivity contribution is 0.185. The molecule has 2 rings (SSSR count). The highest BCUT2D eigenvalue weighted by molar-refractivity contribution is 5.90. The van der Waals surface area contributed by atoms with Crippen molar-refractivity contribution in [2.45, 2.75) is 19.6 Å². The van der Waals surface area contributed by atoms with Crippen molar-refractivity contribution < 1.29 is 9.53 Å². The van der Waals surface area contributed by atoms with Gasteiger partial charge in [0.25, 0.3) is 0 Å². The van der Waals surface area contributed by atoms with Crippen LogP contribution in [-0.2, 0) is 11.3 Å². The normalized spacial score (nSPS) is 11.8. The minimum atomic E-state index is -0.139. The molecule has 1 N–H and O–H groups in total. The summed E-state index contributed by atoms with van der Waals surface area (Å²) in [6, 6.07) is 17.5. The van der Waals surface area contributed by atoms with Crippen molar-refractivity contribution in [1.29, 1.82) is 0 Å². The lowest BCUT2D eigenvalue weighted by atomic mass is 10.1. The van der Waals surface area contributed by atoms with E-state index in [4.69, 9.17) is 4.74 Å². The van der Waals surface area contributed by atoms with Gasteiger partial charge in [-0.1, -0.05) is 48.5 Å². The molecule has 2 aromatic carbocycles. The Hall–Kier alpha value is -2.33. The number of methoxy groups -OCH3 is 1. The Morgan fingerprint density at radius 3 is 2.45 bits per heavy atom. The number of benzene rings is 2. The highest BCUT2D eigenvalue weighted by Crippen LogP contribution is 2.21. The molecule has 0 saturated heterocycles. The first-order valence-electron chi connectivity index (χ1n) is 7.29. The number of hydrogen-bond acceptors (Lipinski definition) is 2. The second-order valence-corrected chi connectivity index (χ2v) is 5.22. The van der Waals surface area contributed by atoms with E-state index in [0.717, 1.165) is 16.8 Å². The van der Waals surface area contributed by atoms with Crippen LogP contribution in [-0.4, -0.2) is 25.1 Å². The second kappa shape index (κ2) is 7.61. The number of hydrogen-bond donors (Lipinski definition) is 1. The SMILES string of the molecule is COCc1ccccc1NC(=O)N(C)[C@@H](C)c1ccccc1. The van der Waals surface area contributed by atoms with Crippen LogP contribution in [0.25, 0.3) is 0 Å². The summed E-state index contributed by atoms with van der Waals surface area (Å²) in [4.78, 5) is 14.2. The molecule has 0 radical (unpaired) electrons. The number of rotatable bonds is 5. The van der Waals surface area contributed by atoms with E-state index in [1.165, 1.54) is 0 Å². The van der Waals surface area contributed by atoms with Crippen LogP contribution in [0.5, 0.6) is 0 Å². The maximum Gasteiger partial charge on any atom is 0.322 e. The summed E-state index contributed by atoms with van der Waals surface area (Å²) in [5, 5.41) is 2.95. The highest BCUT2D eigenvalue weighted by atomic mass is 16.5. The molecule has 0 aliphatic rings. The van der Waals surface area contributed by atoms with Crippen molar-refractivity contribution in [1.82, 2.24) is 4.90 Å². The van der Waals surface area contributed by atoms with E-state index < -0.39 is 0 Å². The number of ether oxygens (including phenoxy) is 1. The van der Waals surface area contributed by atoms with E-state index >= 15 is 0 Å². The largest absolute Gasteiger partial charge is 0.380 e. The van der Waals surface area contributed by atoms with Gasteiger partial charge >= 0.3 is 6.03 Å². The van der Waals surface area contributed by atoms with Gasteiger partial charge in [0, 0.05) is 25.4 Å². The molecule has 4 heteroatoms. The second-order valence-electron chi connectivity index (χ2n) is 5.22. The van der Waals surface area contributed by atoms with E-state index in [9.17, 15) is 4.79 Å². The lowest BCUT2D eigenvalue weighted by Crippen LogP contribution is -2.33. The zero-order valence-electron chi connectivity index (χ0n) is 13.2. The van der Waals surface area contributed by atoms with E-state index in [2.05, 4.69) is 5.32 Å². The molecule has 2 amide bonds. The number of carbonyl (C=O) groups excluding carboxylic acids is 1. The fourth-order valence-corrected chi connectivity index (χ4v) is 2.26. The zero-order valence-corrected chi connectivity index (χ0v) is 13.2. The Morgan fingerprint density at radius 1 is 1.14 bits per heavy atom. The molecule has 0 saturated carbocycles. The number of para-hydroxylation sites is 1. The fraction of sp³-hybridized carbons (Fsp3) is 0.278. The van der Waals surface area contributed by atoms with Crippen molar-refractivity contribution in [3.05, 3.63) is 65.7 Å². The van der Waals surface area contributed by atoms with Gasteiger partial charge in [0.1, 0.15) is 0 Å². The van der Waals surface area contributed by atoms with Crippen LogP contribution in [0, 0.1) is 0 Å². The predicted molar refractivity (Wildman–Crippen MR) is 88.8 cm³/mol. The average molecular weight is 298 g/mol. The van der Waals surface area contributed by atoms with Crippen molar-refractivity contribution in [3.63, 3.8) is 0 Å². The Kier molecular flexibility index (Phi) is 5.55. The van der Waals surface area contributed by atoms with E-state index in [0.29, 0.717) is 6.61 Å². The van der Waals surface area contributed by atoms with Crippen LogP contribution in [0.4, 0.5) is 10.5 Å². The zero-order chi connectivity index (χ0) is 15.9. The number of nitrogens with one attached hydrogen (secondary N) is 1. The third kappa shape index (κ3) is 3.86. The number of amides is 2. The van der Waals surface area contributed by atoms with Crippen LogP contribution in [0.3, 0.4) is 0 Å². The summed E-state index contributed by atoms with van der Waals surface area (Å²) in [5.74, 6) is 0. The smallest absolute Gasteiger partial charge is 0.322 e. The van der Waals surface area contributed by atoms with Crippen LogP contribution in [0.2, 0.25) is 0 Å². The topological polar surface area (TPSA) is 41.6 Å². The molecule has 0 fully saturated rings. The first kappa shape index (κ1) is 16.0. The number of carbonyl (C=O) groups is 1. The molecular weight excluding hydrogens is 276 g/mol. The van der Waals surface area contributed by atoms with Gasteiger partial charge in [0.05, 0.1) is 12.6 Å². The summed E-state index contributed by atoms with van der Waals surface area (Å²) < 4.78 is 5.16. The summed E-state index contributed by atoms with van der Waals surface area (Å²) in [7, 11) is 3.44. The van der Waals surface area contributed by atoms with E-state index in [1.807, 2.05) is 61.5 Å². The Morgan fingerprint density at radius 2 is 1.77 bits per heavy atom. The highest BCUT2D eigenvalue weighted by Gasteiger charge is 2.18. The molecule has 0 aliphatic heterocycles. The van der Waals surface area contributed by atoms with Crippen molar-refractivity contribution in [3.8, 4) is 0 Å². The van der Waals surface area contributed by atoms with Gasteiger partial charge in [-0.3, -0.25) is 0 Å². The summed E-state index contributed by atoms with van der Waals surface area (Å²) >= 11 is 0. The quantitative estimate of drug-likeness (QED) is 0.904. The molecule has 22 heavy (non-hydrogen) atoms. The molecule has 0 heterocycles. The first-order valence-corrected chi connectivity index (χ1v) is 7.29. The van der Waals surface area contributed by atoms with Crippen LogP contribution >= 0.6 is 0 Å². The molecule has 0 bridgehead atoms. The summed E-state index contributed by atoms with van der Waals surface area (Å²) in [6.07, 6.45) is 0. The van der Waals surface area contributed by atoms with Gasteiger partial charge in [-0.25, -0.2) is 4.79 Å². The number of anilines is 1. The third-order valence-corrected chi connectivity index (χ3v) is 3.74. The minimum Gasteiger partial charge on any atom is -0.380 e. The Bertz CT molecular complexity index is 613. The Balaban J connectivity index is 2.09. The molecule has 1 atom stereocenters. The van der Waals surface area contributed by atoms with Gasteiger partial charge in [0.15, 0.2) is 0 Å². The maximum atomic E-state index is 12.5. The van der Waals surface area contributed by atoms with Crippen LogP contribution in [0.15, 0.2) is 54.6 Å². The summed E-state index contributed by atoms with van der Waals surface area (Å²) in [6.45, 7) is 2.48. The molecule has 116 valence electrons. The van der Waals surface area contributed by atoms with Gasteiger partial charge in [-0.2, -0.15) is 0 Å². The molecule has 0 unspecified atom stereocenters. The van der Waals surface area contributed by atoms with Gasteiger partial charge in [0.2, 0.25) is 0 Å². The van der Waals surface area contributed by atoms with Crippen molar-refractivity contribution >= 4 is 11.7 Å². The van der Waals surface area contributed by atoms with Crippen LogP contribution < -0.4 is 5.32 Å². The van der Waals surface area contributed by atoms with E-state index in [-0.39, 0.29) is 12.1 Å². The predicted octanol–water partition coefficient (Wildman–Crippen LogP) is 4.06. The molecular formula is C18H22N2O2. The van der Waals surface area contributed by atoms with Crippen LogP contribution in [0.1, 0.15) is 24.1 Å². The molecule has 2 aromatic rings. The molecule has 0 aromatic heterocycles. The number of urea groups is 1. The Labute approximate surface area is 131 Å². The third-order valence-electron chi connectivity index (χ3n) is 3.74. The van der Waals surface area contributed by atoms with Gasteiger partial charge in [-0.15, -0.1) is 0 Å². The standard InChI is InChI=1S/C18H22N2O2/c1-14(15-9-5-4-6-10-15)20(2)18(21)19-17-12-8-7-11-16(17)13-22-3/h4-12,14H,13H2,1-3H3,(H,19,21)/t14-/m0/s1. The molecule has 4 nitrogen and oxygen atoms in total. The monoisotopic (exact) mass is 298 g/mol. The molecule has 0 spiro atoms. The molecule has 0 aliphatic carbocycles. The van der Waals surface area contributed by atoms with Crippen molar-refractivity contribution in [2.75, 3.05) is 19.5 Å². The van der Waals surface area contributed by atoms with Gasteiger partial charge in [-0.05, 0) is 18.6 Å². The maximum absolute atomic E-state index is 12.5.